The van der Waals surface area contributed by atoms with Gasteiger partial charge in [0.2, 0.25) is 0 Å². The van der Waals surface area contributed by atoms with Crippen LogP contribution in [0.15, 0.2) is 103 Å². The second-order valence-electron chi connectivity index (χ2n) is 7.80. The summed E-state index contributed by atoms with van der Waals surface area (Å²) in [7, 11) is 0. The van der Waals surface area contributed by atoms with Crippen molar-refractivity contribution in [3.8, 4) is 23.0 Å². The molecule has 4 aromatic carbocycles. The maximum Gasteiger partial charge on any atom is 0.129 e. The second-order valence-corrected chi connectivity index (χ2v) is 7.80. The van der Waals surface area contributed by atoms with Gasteiger partial charge in [-0.05, 0) is 35.4 Å². The van der Waals surface area contributed by atoms with Crippen LogP contribution in [-0.2, 0) is 13.2 Å². The molecular formula is C29H26O5. The summed E-state index contributed by atoms with van der Waals surface area (Å²) in [6, 6.07) is 29.3. The minimum absolute atomic E-state index is 0.0297. The fourth-order valence-electron chi connectivity index (χ4n) is 3.42. The normalized spacial score (nSPS) is 11.9. The van der Waals surface area contributed by atoms with Crippen LogP contribution >= 0.6 is 0 Å². The molecule has 0 saturated carbocycles. The zero-order valence-electron chi connectivity index (χ0n) is 18.5. The third kappa shape index (κ3) is 6.18. The molecular weight excluding hydrogens is 428 g/mol. The number of hydrogen-bond acceptors (Lipinski definition) is 5. The monoisotopic (exact) mass is 454 g/mol. The first-order chi connectivity index (χ1) is 16.6. The van der Waals surface area contributed by atoms with Gasteiger partial charge in [-0.1, -0.05) is 72.8 Å². The quantitative estimate of drug-likeness (QED) is 0.289. The third-order valence-corrected chi connectivity index (χ3v) is 5.26. The van der Waals surface area contributed by atoms with Crippen molar-refractivity contribution >= 4 is 6.08 Å². The van der Waals surface area contributed by atoms with Gasteiger partial charge in [-0.25, -0.2) is 0 Å². The lowest BCUT2D eigenvalue weighted by molar-refractivity contribution is 0.216. The lowest BCUT2D eigenvalue weighted by Crippen LogP contribution is -2.03. The topological polar surface area (TPSA) is 79.2 Å². The SMILES string of the molecule is Oc1ccc(C=CC(O)c2ccc(OCc3ccccc3)cc2OCc2ccccc2)c(O)c1. The summed E-state index contributed by atoms with van der Waals surface area (Å²) in [4.78, 5) is 0. The highest BCUT2D eigenvalue weighted by atomic mass is 16.5. The lowest BCUT2D eigenvalue weighted by Gasteiger charge is -2.16. The van der Waals surface area contributed by atoms with Crippen molar-refractivity contribution in [1.82, 2.24) is 0 Å². The van der Waals surface area contributed by atoms with Gasteiger partial charge in [0, 0.05) is 23.3 Å². The molecule has 5 nitrogen and oxygen atoms in total. The number of rotatable bonds is 9. The van der Waals surface area contributed by atoms with Gasteiger partial charge in [-0.15, -0.1) is 0 Å². The van der Waals surface area contributed by atoms with Gasteiger partial charge in [-0.2, -0.15) is 0 Å². The van der Waals surface area contributed by atoms with Crippen LogP contribution in [0.3, 0.4) is 0 Å². The Hall–Kier alpha value is -4.22. The van der Waals surface area contributed by atoms with E-state index in [0.717, 1.165) is 11.1 Å². The van der Waals surface area contributed by atoms with E-state index in [1.54, 1.807) is 36.4 Å². The predicted molar refractivity (Wildman–Crippen MR) is 132 cm³/mol. The van der Waals surface area contributed by atoms with Crippen molar-refractivity contribution in [3.05, 3.63) is 125 Å². The third-order valence-electron chi connectivity index (χ3n) is 5.26. The molecule has 0 fully saturated rings. The van der Waals surface area contributed by atoms with E-state index >= 15 is 0 Å². The highest BCUT2D eigenvalue weighted by Gasteiger charge is 2.14. The molecule has 3 N–H and O–H groups in total. The standard InChI is InChI=1S/C29H26O5/c30-24-13-11-23(28(32)17-24)12-16-27(31)26-15-14-25(33-19-21-7-3-1-4-8-21)18-29(26)34-20-22-9-5-2-6-10-22/h1-18,27,30-32H,19-20H2. The first kappa shape index (κ1) is 23.0. The average Bonchev–Trinajstić information content (AvgIpc) is 2.87. The molecule has 0 radical (unpaired) electrons. The molecule has 0 saturated heterocycles. The summed E-state index contributed by atoms with van der Waals surface area (Å²) >= 11 is 0. The Balaban J connectivity index is 1.55. The highest BCUT2D eigenvalue weighted by Crippen LogP contribution is 2.33. The smallest absolute Gasteiger partial charge is 0.129 e. The van der Waals surface area contributed by atoms with E-state index in [0.29, 0.717) is 35.8 Å². The van der Waals surface area contributed by atoms with Crippen molar-refractivity contribution in [2.75, 3.05) is 0 Å². The summed E-state index contributed by atoms with van der Waals surface area (Å²) in [5.41, 5.74) is 3.10. The Morgan fingerprint density at radius 2 is 1.35 bits per heavy atom. The zero-order chi connectivity index (χ0) is 23.8. The number of benzene rings is 4. The van der Waals surface area contributed by atoms with Crippen molar-refractivity contribution in [3.63, 3.8) is 0 Å². The summed E-state index contributed by atoms with van der Waals surface area (Å²) in [6.07, 6.45) is 2.17. The number of aromatic hydroxyl groups is 2. The molecule has 0 spiro atoms. The van der Waals surface area contributed by atoms with Crippen molar-refractivity contribution in [2.45, 2.75) is 19.3 Å². The van der Waals surface area contributed by atoms with Crippen LogP contribution in [0.1, 0.15) is 28.4 Å². The number of hydrogen-bond donors (Lipinski definition) is 3. The van der Waals surface area contributed by atoms with Crippen LogP contribution < -0.4 is 9.47 Å². The molecule has 5 heteroatoms. The number of aliphatic hydroxyl groups is 1. The van der Waals surface area contributed by atoms with Gasteiger partial charge in [0.15, 0.2) is 0 Å². The number of phenolic OH excluding ortho intramolecular Hbond substituents is 2. The molecule has 0 aliphatic heterocycles. The zero-order valence-corrected chi connectivity index (χ0v) is 18.5. The minimum Gasteiger partial charge on any atom is -0.508 e. The molecule has 34 heavy (non-hydrogen) atoms. The molecule has 172 valence electrons. The Labute approximate surface area is 198 Å². The molecule has 0 heterocycles. The second kappa shape index (κ2) is 11.1. The van der Waals surface area contributed by atoms with E-state index in [-0.39, 0.29) is 11.5 Å². The summed E-state index contributed by atoms with van der Waals surface area (Å²) in [6.45, 7) is 0.756. The maximum atomic E-state index is 10.9. The molecule has 0 amide bonds. The molecule has 1 atom stereocenters. The summed E-state index contributed by atoms with van der Waals surface area (Å²) in [5, 5.41) is 30.3. The van der Waals surface area contributed by atoms with Gasteiger partial charge in [0.1, 0.15) is 42.3 Å². The molecule has 0 aliphatic rings. The largest absolute Gasteiger partial charge is 0.508 e. The Morgan fingerprint density at radius 3 is 2.00 bits per heavy atom. The van der Waals surface area contributed by atoms with Crippen LogP contribution in [0.5, 0.6) is 23.0 Å². The van der Waals surface area contributed by atoms with Crippen LogP contribution in [0.2, 0.25) is 0 Å². The van der Waals surface area contributed by atoms with Gasteiger partial charge < -0.3 is 24.8 Å². The highest BCUT2D eigenvalue weighted by molar-refractivity contribution is 5.59. The fourth-order valence-corrected chi connectivity index (χ4v) is 3.42. The average molecular weight is 455 g/mol. The summed E-state index contributed by atoms with van der Waals surface area (Å²) < 4.78 is 12.0. The number of ether oxygens (including phenoxy) is 2. The molecule has 4 rings (SSSR count). The summed E-state index contributed by atoms with van der Waals surface area (Å²) in [5.74, 6) is 1.02. The van der Waals surface area contributed by atoms with E-state index in [4.69, 9.17) is 9.47 Å². The Kier molecular flexibility index (Phi) is 7.48. The van der Waals surface area contributed by atoms with Gasteiger partial charge in [0.25, 0.3) is 0 Å². The predicted octanol–water partition coefficient (Wildman–Crippen LogP) is 6.00. The van der Waals surface area contributed by atoms with Crippen LogP contribution in [0.25, 0.3) is 6.08 Å². The van der Waals surface area contributed by atoms with Gasteiger partial charge in [0.05, 0.1) is 0 Å². The van der Waals surface area contributed by atoms with Crippen molar-refractivity contribution < 1.29 is 24.8 Å². The van der Waals surface area contributed by atoms with E-state index in [2.05, 4.69) is 0 Å². The molecule has 0 aromatic heterocycles. The van der Waals surface area contributed by atoms with E-state index in [1.165, 1.54) is 12.1 Å². The van der Waals surface area contributed by atoms with Crippen molar-refractivity contribution in [1.29, 1.82) is 0 Å². The van der Waals surface area contributed by atoms with Crippen LogP contribution in [-0.4, -0.2) is 15.3 Å². The first-order valence-electron chi connectivity index (χ1n) is 10.9. The number of phenols is 2. The van der Waals surface area contributed by atoms with Crippen LogP contribution in [0.4, 0.5) is 0 Å². The van der Waals surface area contributed by atoms with E-state index < -0.39 is 6.10 Å². The Morgan fingerprint density at radius 1 is 0.706 bits per heavy atom. The minimum atomic E-state index is -0.984. The molecule has 0 bridgehead atoms. The fraction of sp³-hybridized carbons (Fsp3) is 0.103. The molecule has 1 unspecified atom stereocenters. The van der Waals surface area contributed by atoms with Gasteiger partial charge in [-0.3, -0.25) is 0 Å². The maximum absolute atomic E-state index is 10.9. The number of aliphatic hydroxyl groups excluding tert-OH is 1. The van der Waals surface area contributed by atoms with Crippen molar-refractivity contribution in [2.24, 2.45) is 0 Å². The van der Waals surface area contributed by atoms with Gasteiger partial charge >= 0.3 is 0 Å². The molecule has 0 aliphatic carbocycles. The molecule has 4 aromatic rings. The van der Waals surface area contributed by atoms with E-state index in [1.807, 2.05) is 60.7 Å². The first-order valence-corrected chi connectivity index (χ1v) is 10.9. The Bertz CT molecular complexity index is 1240. The lowest BCUT2D eigenvalue weighted by atomic mass is 10.1. The van der Waals surface area contributed by atoms with E-state index in [9.17, 15) is 15.3 Å². The van der Waals surface area contributed by atoms with Crippen LogP contribution in [0, 0.1) is 0 Å².